The molecule has 1 aromatic heterocycles. The first-order valence-corrected chi connectivity index (χ1v) is 6.86. The number of thiazole rings is 1. The molecule has 2 N–H and O–H groups in total. The van der Waals surface area contributed by atoms with E-state index in [9.17, 15) is 14.4 Å². The largest absolute Gasteiger partial charge is 0.480 e. The Hall–Kier alpha value is -1.63. The van der Waals surface area contributed by atoms with Crippen LogP contribution in [0, 0.1) is 12.8 Å². The number of aryl methyl sites for hydroxylation is 1. The minimum Gasteiger partial charge on any atom is -0.480 e. The molecule has 6 nitrogen and oxygen atoms in total. The number of rotatable bonds is 6. The molecule has 0 aliphatic carbocycles. The SMILES string of the molecule is Cc1csc(=O)n1CC(=O)NC(CC(C)C)C(=O)O. The third-order valence-corrected chi connectivity index (χ3v) is 3.50. The summed E-state index contributed by atoms with van der Waals surface area (Å²) >= 11 is 1.02. The molecule has 1 aromatic rings. The molecule has 7 heteroatoms. The lowest BCUT2D eigenvalue weighted by atomic mass is 10.0. The van der Waals surface area contributed by atoms with Crippen LogP contribution in [0.15, 0.2) is 10.2 Å². The highest BCUT2D eigenvalue weighted by Crippen LogP contribution is 2.05. The van der Waals surface area contributed by atoms with Gasteiger partial charge in [0.25, 0.3) is 0 Å². The molecule has 1 amide bonds. The standard InChI is InChI=1S/C12H18N2O4S/c1-7(2)4-9(11(16)17)13-10(15)5-14-8(3)6-19-12(14)18/h6-7,9H,4-5H2,1-3H3,(H,13,15)(H,16,17). The summed E-state index contributed by atoms with van der Waals surface area (Å²) in [6.07, 6.45) is 0.360. The molecule has 0 fully saturated rings. The van der Waals surface area contributed by atoms with E-state index >= 15 is 0 Å². The maximum absolute atomic E-state index is 11.8. The van der Waals surface area contributed by atoms with Crippen molar-refractivity contribution in [1.82, 2.24) is 9.88 Å². The van der Waals surface area contributed by atoms with Crippen molar-refractivity contribution in [3.8, 4) is 0 Å². The Bertz CT molecular complexity index is 518. The fourth-order valence-electron chi connectivity index (χ4n) is 1.67. The Labute approximate surface area is 115 Å². The molecular weight excluding hydrogens is 268 g/mol. The zero-order valence-corrected chi connectivity index (χ0v) is 12.0. The van der Waals surface area contributed by atoms with Gasteiger partial charge in [0.05, 0.1) is 0 Å². The summed E-state index contributed by atoms with van der Waals surface area (Å²) in [5.41, 5.74) is 0.695. The number of carbonyl (C=O) groups is 2. The molecule has 0 saturated carbocycles. The van der Waals surface area contributed by atoms with Crippen LogP contribution in [0.2, 0.25) is 0 Å². The summed E-state index contributed by atoms with van der Waals surface area (Å²) in [7, 11) is 0. The molecule has 106 valence electrons. The Balaban J connectivity index is 2.68. The van der Waals surface area contributed by atoms with Gasteiger partial charge in [-0.25, -0.2) is 4.79 Å². The molecule has 0 bridgehead atoms. The molecule has 0 saturated heterocycles. The van der Waals surface area contributed by atoms with Crippen LogP contribution in [0.4, 0.5) is 0 Å². The summed E-state index contributed by atoms with van der Waals surface area (Å²) in [4.78, 5) is 34.0. The van der Waals surface area contributed by atoms with Gasteiger partial charge in [-0.1, -0.05) is 25.2 Å². The Morgan fingerprint density at radius 1 is 1.47 bits per heavy atom. The molecule has 1 atom stereocenters. The van der Waals surface area contributed by atoms with Crippen LogP contribution in [0.25, 0.3) is 0 Å². The van der Waals surface area contributed by atoms with E-state index < -0.39 is 17.9 Å². The number of nitrogens with zero attached hydrogens (tertiary/aromatic N) is 1. The lowest BCUT2D eigenvalue weighted by Gasteiger charge is -2.16. The van der Waals surface area contributed by atoms with Crippen LogP contribution in [0.5, 0.6) is 0 Å². The Morgan fingerprint density at radius 2 is 2.11 bits per heavy atom. The Morgan fingerprint density at radius 3 is 2.53 bits per heavy atom. The monoisotopic (exact) mass is 286 g/mol. The van der Waals surface area contributed by atoms with Crippen molar-refractivity contribution >= 4 is 23.2 Å². The van der Waals surface area contributed by atoms with E-state index in [1.165, 1.54) is 4.57 Å². The minimum atomic E-state index is -1.06. The van der Waals surface area contributed by atoms with E-state index in [1.54, 1.807) is 12.3 Å². The number of carbonyl (C=O) groups excluding carboxylic acids is 1. The number of amides is 1. The topological polar surface area (TPSA) is 88.4 Å². The second kappa shape index (κ2) is 6.51. The number of carboxylic acids is 1. The molecule has 1 heterocycles. The number of hydrogen-bond acceptors (Lipinski definition) is 4. The maximum atomic E-state index is 11.8. The lowest BCUT2D eigenvalue weighted by Crippen LogP contribution is -2.43. The predicted octanol–water partition coefficient (Wildman–Crippen LogP) is 0.834. The van der Waals surface area contributed by atoms with Gasteiger partial charge in [-0.05, 0) is 19.3 Å². The van der Waals surface area contributed by atoms with Crippen LogP contribution in [-0.2, 0) is 16.1 Å². The zero-order chi connectivity index (χ0) is 14.6. The number of nitrogens with one attached hydrogen (secondary N) is 1. The van der Waals surface area contributed by atoms with Gasteiger partial charge in [0.1, 0.15) is 12.6 Å². The molecule has 19 heavy (non-hydrogen) atoms. The third kappa shape index (κ3) is 4.51. The number of aliphatic carboxylic acids is 1. The summed E-state index contributed by atoms with van der Waals surface area (Å²) in [6.45, 7) is 5.36. The quantitative estimate of drug-likeness (QED) is 0.811. The van der Waals surface area contributed by atoms with Crippen LogP contribution < -0.4 is 10.2 Å². The first kappa shape index (κ1) is 15.4. The van der Waals surface area contributed by atoms with Crippen molar-refractivity contribution in [2.75, 3.05) is 0 Å². The van der Waals surface area contributed by atoms with E-state index in [0.29, 0.717) is 12.1 Å². The number of aromatic nitrogens is 1. The first-order valence-electron chi connectivity index (χ1n) is 5.98. The predicted molar refractivity (Wildman–Crippen MR) is 72.3 cm³/mol. The molecule has 0 aliphatic rings. The van der Waals surface area contributed by atoms with E-state index in [2.05, 4.69) is 5.32 Å². The van der Waals surface area contributed by atoms with Crippen LogP contribution in [0.3, 0.4) is 0 Å². The van der Waals surface area contributed by atoms with Crippen molar-refractivity contribution < 1.29 is 14.7 Å². The number of carboxylic acid groups (broad SMARTS) is 1. The molecule has 1 rings (SSSR count). The molecule has 0 aromatic carbocycles. The van der Waals surface area contributed by atoms with Gasteiger partial charge in [-0.3, -0.25) is 14.2 Å². The van der Waals surface area contributed by atoms with E-state index in [1.807, 2.05) is 13.8 Å². The average molecular weight is 286 g/mol. The van der Waals surface area contributed by atoms with Gasteiger partial charge in [0.15, 0.2) is 0 Å². The number of hydrogen-bond donors (Lipinski definition) is 2. The normalized spacial score (nSPS) is 12.4. The molecular formula is C12H18N2O4S. The second-order valence-electron chi connectivity index (χ2n) is 4.82. The van der Waals surface area contributed by atoms with Gasteiger partial charge >= 0.3 is 10.8 Å². The summed E-state index contributed by atoms with van der Waals surface area (Å²) in [5.74, 6) is -1.36. The van der Waals surface area contributed by atoms with E-state index in [0.717, 1.165) is 11.3 Å². The Kier molecular flexibility index (Phi) is 5.29. The average Bonchev–Trinajstić information content (AvgIpc) is 2.59. The van der Waals surface area contributed by atoms with Gasteiger partial charge in [0.2, 0.25) is 5.91 Å². The second-order valence-corrected chi connectivity index (χ2v) is 5.64. The summed E-state index contributed by atoms with van der Waals surface area (Å²) in [5, 5.41) is 13.1. The van der Waals surface area contributed by atoms with E-state index in [4.69, 9.17) is 5.11 Å². The highest BCUT2D eigenvalue weighted by atomic mass is 32.1. The lowest BCUT2D eigenvalue weighted by molar-refractivity contribution is -0.142. The molecule has 0 aliphatic heterocycles. The molecule has 1 unspecified atom stereocenters. The van der Waals surface area contributed by atoms with Crippen molar-refractivity contribution in [3.05, 3.63) is 20.7 Å². The van der Waals surface area contributed by atoms with Crippen molar-refractivity contribution in [2.24, 2.45) is 5.92 Å². The molecule has 0 radical (unpaired) electrons. The summed E-state index contributed by atoms with van der Waals surface area (Å²) < 4.78 is 1.33. The van der Waals surface area contributed by atoms with Gasteiger partial charge in [-0.2, -0.15) is 0 Å². The van der Waals surface area contributed by atoms with E-state index in [-0.39, 0.29) is 17.3 Å². The molecule has 0 spiro atoms. The zero-order valence-electron chi connectivity index (χ0n) is 11.2. The van der Waals surface area contributed by atoms with Crippen LogP contribution in [-0.4, -0.2) is 27.6 Å². The smallest absolute Gasteiger partial charge is 0.326 e. The maximum Gasteiger partial charge on any atom is 0.326 e. The van der Waals surface area contributed by atoms with Crippen molar-refractivity contribution in [2.45, 2.75) is 39.8 Å². The highest BCUT2D eigenvalue weighted by Gasteiger charge is 2.21. The summed E-state index contributed by atoms with van der Waals surface area (Å²) in [6, 6.07) is -0.915. The van der Waals surface area contributed by atoms with Crippen LogP contribution in [0.1, 0.15) is 26.0 Å². The van der Waals surface area contributed by atoms with Gasteiger partial charge in [-0.15, -0.1) is 0 Å². The van der Waals surface area contributed by atoms with Gasteiger partial charge < -0.3 is 10.4 Å². The first-order chi connectivity index (χ1) is 8.81. The third-order valence-electron chi connectivity index (χ3n) is 2.62. The van der Waals surface area contributed by atoms with Crippen molar-refractivity contribution in [3.63, 3.8) is 0 Å². The fourth-order valence-corrected chi connectivity index (χ4v) is 2.41. The minimum absolute atomic E-state index is 0.143. The van der Waals surface area contributed by atoms with Crippen molar-refractivity contribution in [1.29, 1.82) is 0 Å². The van der Waals surface area contributed by atoms with Crippen LogP contribution >= 0.6 is 11.3 Å². The highest BCUT2D eigenvalue weighted by molar-refractivity contribution is 7.07. The van der Waals surface area contributed by atoms with Gasteiger partial charge in [0, 0.05) is 11.1 Å². The fraction of sp³-hybridized carbons (Fsp3) is 0.583.